The van der Waals surface area contributed by atoms with Crippen LogP contribution in [0.25, 0.3) is 5.57 Å². The van der Waals surface area contributed by atoms with Crippen LogP contribution < -0.4 is 14.4 Å². The second-order valence-electron chi connectivity index (χ2n) is 8.31. The summed E-state index contributed by atoms with van der Waals surface area (Å²) in [6.45, 7) is 3.74. The number of nitrogens with one attached hydrogen (secondary N) is 1. The zero-order valence-corrected chi connectivity index (χ0v) is 20.7. The Labute approximate surface area is 216 Å². The van der Waals surface area contributed by atoms with Crippen LogP contribution in [0.3, 0.4) is 0 Å². The van der Waals surface area contributed by atoms with Gasteiger partial charge in [-0.2, -0.15) is 0 Å². The van der Waals surface area contributed by atoms with Crippen LogP contribution in [0.15, 0.2) is 127 Å². The summed E-state index contributed by atoms with van der Waals surface area (Å²) in [6, 6.07) is 32.3. The van der Waals surface area contributed by atoms with E-state index >= 15 is 0 Å². The first-order valence-corrected chi connectivity index (χ1v) is 13.1. The van der Waals surface area contributed by atoms with Crippen molar-refractivity contribution in [2.24, 2.45) is 0 Å². The Bertz CT molecular complexity index is 1580. The molecule has 1 aliphatic rings. The fourth-order valence-corrected chi connectivity index (χ4v) is 5.96. The monoisotopic (exact) mass is 508 g/mol. The Kier molecular flexibility index (Phi) is 6.62. The number of carbonyl (C=O) groups is 1. The molecule has 0 unspecified atom stereocenters. The van der Waals surface area contributed by atoms with E-state index in [9.17, 15) is 13.2 Å². The van der Waals surface area contributed by atoms with Crippen molar-refractivity contribution in [1.82, 2.24) is 0 Å². The molecule has 0 aromatic heterocycles. The maximum atomic E-state index is 13.9. The van der Waals surface area contributed by atoms with Crippen molar-refractivity contribution in [3.63, 3.8) is 0 Å². The second-order valence-corrected chi connectivity index (χ2v) is 10.1. The summed E-state index contributed by atoms with van der Waals surface area (Å²) < 4.78 is 34.8. The lowest BCUT2D eigenvalue weighted by atomic mass is 9.95. The number of fused-ring (bicyclic) bond motifs is 1. The van der Waals surface area contributed by atoms with Crippen molar-refractivity contribution < 1.29 is 17.9 Å². The molecule has 0 bridgehead atoms. The van der Waals surface area contributed by atoms with Gasteiger partial charge in [0.15, 0.2) is 4.91 Å². The van der Waals surface area contributed by atoms with Crippen LogP contribution in [-0.2, 0) is 14.8 Å². The van der Waals surface area contributed by atoms with E-state index in [1.807, 2.05) is 60.7 Å². The normalized spacial score (nSPS) is 14.0. The fourth-order valence-electron chi connectivity index (χ4n) is 4.25. The third-order valence-corrected chi connectivity index (χ3v) is 7.70. The Hall–Kier alpha value is -4.62. The molecular formula is C30H24N2O4S. The first-order chi connectivity index (χ1) is 18.0. The lowest BCUT2D eigenvalue weighted by molar-refractivity contribution is -0.112. The molecule has 1 heterocycles. The predicted octanol–water partition coefficient (Wildman–Crippen LogP) is 6.21. The highest BCUT2D eigenvalue weighted by atomic mass is 32.2. The Balaban J connectivity index is 1.56. The molecule has 1 N–H and O–H groups in total. The predicted molar refractivity (Wildman–Crippen MR) is 147 cm³/mol. The highest BCUT2D eigenvalue weighted by molar-refractivity contribution is 7.97. The highest BCUT2D eigenvalue weighted by Gasteiger charge is 2.40. The Morgan fingerprint density at radius 3 is 2.08 bits per heavy atom. The first kappa shape index (κ1) is 24.1. The van der Waals surface area contributed by atoms with Crippen LogP contribution in [0.5, 0.6) is 11.5 Å². The topological polar surface area (TPSA) is 75.7 Å². The van der Waals surface area contributed by atoms with Gasteiger partial charge in [0.25, 0.3) is 15.9 Å². The minimum absolute atomic E-state index is 0.0315. The highest BCUT2D eigenvalue weighted by Crippen LogP contribution is 2.43. The Morgan fingerprint density at radius 1 is 0.811 bits per heavy atom. The third-order valence-electron chi connectivity index (χ3n) is 5.87. The van der Waals surface area contributed by atoms with Gasteiger partial charge in [0.05, 0.1) is 12.2 Å². The second kappa shape index (κ2) is 10.2. The van der Waals surface area contributed by atoms with Gasteiger partial charge < -0.3 is 10.1 Å². The zero-order chi connectivity index (χ0) is 25.8. The summed E-state index contributed by atoms with van der Waals surface area (Å²) in [5.41, 5.74) is 2.59. The van der Waals surface area contributed by atoms with E-state index in [1.54, 1.807) is 48.5 Å². The van der Waals surface area contributed by atoms with Gasteiger partial charge in [-0.05, 0) is 48.0 Å². The minimum Gasteiger partial charge on any atom is -0.457 e. The summed E-state index contributed by atoms with van der Waals surface area (Å²) in [5.74, 6) is 0.551. The number of hydrogen-bond donors (Lipinski definition) is 1. The molecule has 184 valence electrons. The number of ether oxygens (including phenoxy) is 1. The molecule has 1 aliphatic heterocycles. The summed E-state index contributed by atoms with van der Waals surface area (Å²) in [7, 11) is -4.20. The van der Waals surface area contributed by atoms with Crippen LogP contribution in [0.4, 0.5) is 11.4 Å². The number of rotatable bonds is 7. The van der Waals surface area contributed by atoms with Crippen molar-refractivity contribution >= 4 is 32.9 Å². The number of benzene rings is 4. The maximum absolute atomic E-state index is 13.9. The van der Waals surface area contributed by atoms with Gasteiger partial charge in [-0.15, -0.1) is 6.58 Å². The van der Waals surface area contributed by atoms with Gasteiger partial charge in [-0.1, -0.05) is 72.8 Å². The minimum atomic E-state index is -4.20. The van der Waals surface area contributed by atoms with E-state index in [1.165, 1.54) is 10.4 Å². The lowest BCUT2D eigenvalue weighted by Crippen LogP contribution is -2.39. The van der Waals surface area contributed by atoms with E-state index in [2.05, 4.69) is 11.9 Å². The molecule has 0 radical (unpaired) electrons. The molecule has 0 aliphatic carbocycles. The fraction of sp³-hybridized carbons (Fsp3) is 0.0333. The van der Waals surface area contributed by atoms with Crippen LogP contribution in [0.2, 0.25) is 0 Å². The van der Waals surface area contributed by atoms with E-state index in [4.69, 9.17) is 4.74 Å². The summed E-state index contributed by atoms with van der Waals surface area (Å²) >= 11 is 0. The van der Waals surface area contributed by atoms with Crippen molar-refractivity contribution in [2.45, 2.75) is 0 Å². The van der Waals surface area contributed by atoms with Gasteiger partial charge in [-0.25, -0.2) is 8.42 Å². The van der Waals surface area contributed by atoms with Crippen LogP contribution in [0, 0.1) is 0 Å². The summed E-state index contributed by atoms with van der Waals surface area (Å²) in [4.78, 5) is 13.4. The number of nitrogens with zero attached hydrogens (tertiary/aromatic N) is 1. The number of carbonyl (C=O) groups excluding carboxylic acids is 1. The van der Waals surface area contributed by atoms with E-state index in [-0.39, 0.29) is 11.4 Å². The molecular weight excluding hydrogens is 484 g/mol. The van der Waals surface area contributed by atoms with Gasteiger partial charge in [0, 0.05) is 16.8 Å². The molecule has 37 heavy (non-hydrogen) atoms. The van der Waals surface area contributed by atoms with Crippen LogP contribution in [-0.4, -0.2) is 20.9 Å². The van der Waals surface area contributed by atoms with Crippen molar-refractivity contribution in [3.05, 3.63) is 138 Å². The van der Waals surface area contributed by atoms with Gasteiger partial charge in [-0.3, -0.25) is 9.10 Å². The van der Waals surface area contributed by atoms with Gasteiger partial charge >= 0.3 is 0 Å². The van der Waals surface area contributed by atoms with Crippen molar-refractivity contribution in [3.8, 4) is 11.5 Å². The van der Waals surface area contributed by atoms with E-state index < -0.39 is 15.9 Å². The third kappa shape index (κ3) is 4.77. The number of para-hydroxylation sites is 2. The molecule has 0 fully saturated rings. The lowest BCUT2D eigenvalue weighted by Gasteiger charge is -2.32. The van der Waals surface area contributed by atoms with Crippen LogP contribution >= 0.6 is 0 Å². The van der Waals surface area contributed by atoms with E-state index in [0.717, 1.165) is 0 Å². The van der Waals surface area contributed by atoms with Gasteiger partial charge in [0.1, 0.15) is 11.5 Å². The molecule has 6 nitrogen and oxygen atoms in total. The van der Waals surface area contributed by atoms with Crippen molar-refractivity contribution in [2.75, 3.05) is 16.2 Å². The maximum Gasteiger partial charge on any atom is 0.270 e. The Morgan fingerprint density at radius 2 is 1.41 bits per heavy atom. The van der Waals surface area contributed by atoms with Crippen molar-refractivity contribution in [1.29, 1.82) is 0 Å². The molecule has 0 saturated heterocycles. The molecule has 0 saturated carbocycles. The first-order valence-electron chi connectivity index (χ1n) is 11.7. The van der Waals surface area contributed by atoms with Crippen LogP contribution in [0.1, 0.15) is 11.1 Å². The number of anilines is 2. The standard InChI is InChI=1S/C30H24N2O4S/c1-2-21-32-27-16-10-9-15-26(27)28(22-11-5-3-6-12-22)29(37(32,34)35)30(33)31-23-17-19-25(20-18-23)36-24-13-7-4-8-14-24/h2-20H,1,21H2,(H,31,33). The average molecular weight is 509 g/mol. The smallest absolute Gasteiger partial charge is 0.270 e. The van der Waals surface area contributed by atoms with Gasteiger partial charge in [0.2, 0.25) is 0 Å². The zero-order valence-electron chi connectivity index (χ0n) is 19.9. The van der Waals surface area contributed by atoms with E-state index in [0.29, 0.717) is 39.6 Å². The molecule has 4 aromatic carbocycles. The SMILES string of the molecule is C=CCN1c2ccccc2C(c2ccccc2)=C(C(=O)Nc2ccc(Oc3ccccc3)cc2)S1(=O)=O. The summed E-state index contributed by atoms with van der Waals surface area (Å²) in [5, 5.41) is 2.77. The number of sulfonamides is 1. The molecule has 7 heteroatoms. The summed E-state index contributed by atoms with van der Waals surface area (Å²) in [6.07, 6.45) is 1.50. The largest absolute Gasteiger partial charge is 0.457 e. The quantitative estimate of drug-likeness (QED) is 0.301. The molecule has 5 rings (SSSR count). The molecule has 4 aromatic rings. The molecule has 0 atom stereocenters. The average Bonchev–Trinajstić information content (AvgIpc) is 2.92. The molecule has 1 amide bonds. The number of amides is 1. The number of hydrogen-bond acceptors (Lipinski definition) is 4. The molecule has 0 spiro atoms.